The molecule has 1 atom stereocenters. The van der Waals surface area contributed by atoms with Gasteiger partial charge in [-0.25, -0.2) is 9.18 Å². The maximum atomic E-state index is 14.2. The molecule has 0 saturated carbocycles. The number of para-hydroxylation sites is 1. The van der Waals surface area contributed by atoms with Gasteiger partial charge in [-0.05, 0) is 61.1 Å². The number of carboxylic acid groups (broad SMARTS) is 1. The van der Waals surface area contributed by atoms with Gasteiger partial charge in [-0.15, -0.1) is 0 Å². The third-order valence-electron chi connectivity index (χ3n) is 5.83. The maximum Gasteiger partial charge on any atom is 0.329 e. The molecule has 0 radical (unpaired) electrons. The second kappa shape index (κ2) is 9.45. The number of benzene rings is 3. The molecule has 0 aliphatic rings. The van der Waals surface area contributed by atoms with Gasteiger partial charge in [0.15, 0.2) is 4.77 Å². The van der Waals surface area contributed by atoms with Crippen LogP contribution in [-0.2, 0) is 18.3 Å². The van der Waals surface area contributed by atoms with Gasteiger partial charge in [-0.3, -0.25) is 9.36 Å². The Bertz CT molecular complexity index is 1510. The molecule has 180 valence electrons. The minimum absolute atomic E-state index is 0.0535. The minimum Gasteiger partial charge on any atom is -0.480 e. The lowest BCUT2D eigenvalue weighted by Crippen LogP contribution is -2.54. The monoisotopic (exact) mass is 531 g/mol. The van der Waals surface area contributed by atoms with E-state index < -0.39 is 28.8 Å². The largest absolute Gasteiger partial charge is 0.480 e. The molecule has 10 heteroatoms. The molecular weight excluding hydrogens is 512 g/mol. The van der Waals surface area contributed by atoms with Crippen molar-refractivity contribution in [3.05, 3.63) is 92.4 Å². The van der Waals surface area contributed by atoms with Crippen LogP contribution in [0.3, 0.4) is 0 Å². The van der Waals surface area contributed by atoms with Crippen LogP contribution in [-0.4, -0.2) is 31.7 Å². The highest BCUT2D eigenvalue weighted by atomic mass is 35.5. The molecule has 1 amide bonds. The lowest BCUT2D eigenvalue weighted by molar-refractivity contribution is -0.143. The van der Waals surface area contributed by atoms with Crippen molar-refractivity contribution < 1.29 is 19.1 Å². The molecule has 0 bridgehead atoms. The number of carbonyl (C=O) groups excluding carboxylic acids is 1. The molecule has 0 aliphatic carbocycles. The third kappa shape index (κ3) is 4.57. The number of aliphatic carboxylic acids is 1. The van der Waals surface area contributed by atoms with E-state index >= 15 is 0 Å². The standard InChI is InChI=1S/C25H20Cl2FN3O3S/c1-25(23(33)34,29-22(32)20-16(26)5-3-7-18(20)28)13-14-9-11-15(12-10-14)31-21-17(27)6-4-8-19(21)30(2)24(31)35/h3-12H,13H2,1-2H3,(H,29,32)(H,33,34). The van der Waals surface area contributed by atoms with Gasteiger partial charge >= 0.3 is 5.97 Å². The minimum atomic E-state index is -1.72. The number of carbonyl (C=O) groups is 2. The van der Waals surface area contributed by atoms with Gasteiger partial charge in [-0.2, -0.15) is 0 Å². The van der Waals surface area contributed by atoms with E-state index in [0.717, 1.165) is 22.8 Å². The molecule has 6 nitrogen and oxygen atoms in total. The molecular formula is C25H20Cl2FN3O3S. The average molecular weight is 532 g/mol. The first-order valence-electron chi connectivity index (χ1n) is 10.5. The lowest BCUT2D eigenvalue weighted by atomic mass is 9.92. The highest BCUT2D eigenvalue weighted by Gasteiger charge is 2.36. The molecule has 4 rings (SSSR count). The maximum absolute atomic E-state index is 14.2. The Balaban J connectivity index is 1.65. The second-order valence-corrected chi connectivity index (χ2v) is 9.50. The summed E-state index contributed by atoms with van der Waals surface area (Å²) in [6.45, 7) is 1.36. The number of hydrogen-bond donors (Lipinski definition) is 2. The summed E-state index contributed by atoms with van der Waals surface area (Å²) in [5.41, 5.74) is 0.897. The fourth-order valence-electron chi connectivity index (χ4n) is 3.96. The summed E-state index contributed by atoms with van der Waals surface area (Å²) in [7, 11) is 1.86. The zero-order valence-corrected chi connectivity index (χ0v) is 21.0. The van der Waals surface area contributed by atoms with Gasteiger partial charge in [0.25, 0.3) is 5.91 Å². The van der Waals surface area contributed by atoms with Crippen molar-refractivity contribution in [3.8, 4) is 5.69 Å². The molecule has 1 aromatic heterocycles. The molecule has 3 aromatic carbocycles. The van der Waals surface area contributed by atoms with E-state index in [4.69, 9.17) is 35.4 Å². The van der Waals surface area contributed by atoms with Crippen LogP contribution in [0.4, 0.5) is 4.39 Å². The van der Waals surface area contributed by atoms with Gasteiger partial charge < -0.3 is 15.0 Å². The van der Waals surface area contributed by atoms with Crippen LogP contribution >= 0.6 is 35.4 Å². The highest BCUT2D eigenvalue weighted by molar-refractivity contribution is 7.71. The number of rotatable bonds is 6. The number of nitrogens with one attached hydrogen (secondary N) is 1. The Morgan fingerprint density at radius 1 is 1.06 bits per heavy atom. The van der Waals surface area contributed by atoms with Gasteiger partial charge in [0.05, 0.1) is 26.6 Å². The van der Waals surface area contributed by atoms with Crippen molar-refractivity contribution in [3.63, 3.8) is 0 Å². The number of imidazole rings is 1. The summed E-state index contributed by atoms with van der Waals surface area (Å²) in [5.74, 6) is -3.02. The molecule has 4 aromatic rings. The Kier molecular flexibility index (Phi) is 6.73. The van der Waals surface area contributed by atoms with Crippen LogP contribution in [0.5, 0.6) is 0 Å². The van der Waals surface area contributed by atoms with E-state index in [0.29, 0.717) is 15.4 Å². The topological polar surface area (TPSA) is 76.3 Å². The summed E-state index contributed by atoms with van der Waals surface area (Å²) in [6, 6.07) is 16.5. The zero-order valence-electron chi connectivity index (χ0n) is 18.7. The summed E-state index contributed by atoms with van der Waals surface area (Å²) in [6.07, 6.45) is -0.0535. The molecule has 1 heterocycles. The van der Waals surface area contributed by atoms with E-state index in [-0.39, 0.29) is 11.4 Å². The summed E-state index contributed by atoms with van der Waals surface area (Å²) in [4.78, 5) is 24.8. The molecule has 0 fully saturated rings. The normalized spacial score (nSPS) is 12.9. The van der Waals surface area contributed by atoms with Gasteiger partial charge in [0.2, 0.25) is 0 Å². The molecule has 0 aliphatic heterocycles. The molecule has 0 spiro atoms. The van der Waals surface area contributed by atoms with Gasteiger partial charge in [0, 0.05) is 19.2 Å². The number of aromatic nitrogens is 2. The first kappa shape index (κ1) is 24.9. The fourth-order valence-corrected chi connectivity index (χ4v) is 4.75. The van der Waals surface area contributed by atoms with E-state index in [9.17, 15) is 19.1 Å². The third-order valence-corrected chi connectivity index (χ3v) is 6.91. The van der Waals surface area contributed by atoms with Crippen LogP contribution < -0.4 is 5.32 Å². The molecule has 1 unspecified atom stereocenters. The number of fused-ring (bicyclic) bond motifs is 1. The average Bonchev–Trinajstić information content (AvgIpc) is 3.05. The van der Waals surface area contributed by atoms with E-state index in [1.54, 1.807) is 30.3 Å². The van der Waals surface area contributed by atoms with E-state index in [2.05, 4.69) is 5.32 Å². The number of nitrogens with zero attached hydrogens (tertiary/aromatic N) is 2. The smallest absolute Gasteiger partial charge is 0.329 e. The van der Waals surface area contributed by atoms with Crippen LogP contribution in [0.25, 0.3) is 16.7 Å². The van der Waals surface area contributed by atoms with Crippen LogP contribution in [0.2, 0.25) is 10.0 Å². The second-order valence-electron chi connectivity index (χ2n) is 8.32. The summed E-state index contributed by atoms with van der Waals surface area (Å²) >= 11 is 18.0. The molecule has 0 saturated heterocycles. The van der Waals surface area contributed by atoms with Crippen molar-refractivity contribution in [1.29, 1.82) is 0 Å². The summed E-state index contributed by atoms with van der Waals surface area (Å²) < 4.78 is 18.4. The van der Waals surface area contributed by atoms with Crippen molar-refractivity contribution in [1.82, 2.24) is 14.5 Å². The predicted molar refractivity (Wildman–Crippen MR) is 137 cm³/mol. The number of halogens is 3. The van der Waals surface area contributed by atoms with Crippen molar-refractivity contribution in [2.75, 3.05) is 0 Å². The van der Waals surface area contributed by atoms with Crippen molar-refractivity contribution in [2.45, 2.75) is 18.9 Å². The zero-order chi connectivity index (χ0) is 25.5. The van der Waals surface area contributed by atoms with Crippen LogP contribution in [0.15, 0.2) is 60.7 Å². The van der Waals surface area contributed by atoms with Gasteiger partial charge in [0.1, 0.15) is 11.4 Å². The number of carboxylic acids is 1. The van der Waals surface area contributed by atoms with E-state index in [1.807, 2.05) is 28.3 Å². The van der Waals surface area contributed by atoms with Gasteiger partial charge in [-0.1, -0.05) is 47.5 Å². The van der Waals surface area contributed by atoms with E-state index in [1.165, 1.54) is 19.1 Å². The Labute approximate surface area is 215 Å². The highest BCUT2D eigenvalue weighted by Crippen LogP contribution is 2.29. The number of aryl methyl sites for hydroxylation is 1. The van der Waals surface area contributed by atoms with Crippen LogP contribution in [0, 0.1) is 10.6 Å². The quantitative estimate of drug-likeness (QED) is 0.301. The Morgan fingerprint density at radius 2 is 1.69 bits per heavy atom. The predicted octanol–water partition coefficient (Wildman–Crippen LogP) is 5.96. The fraction of sp³-hybridized carbons (Fsp3) is 0.160. The van der Waals surface area contributed by atoms with Crippen molar-refractivity contribution in [2.24, 2.45) is 7.05 Å². The number of hydrogen-bond acceptors (Lipinski definition) is 3. The molecule has 35 heavy (non-hydrogen) atoms. The SMILES string of the molecule is Cn1c(=S)n(-c2ccc(CC(C)(NC(=O)c3c(F)cccc3Cl)C(=O)O)cc2)c2c(Cl)cccc21. The van der Waals surface area contributed by atoms with Crippen molar-refractivity contribution >= 4 is 58.3 Å². The Morgan fingerprint density at radius 3 is 2.31 bits per heavy atom. The molecule has 2 N–H and O–H groups in total. The van der Waals surface area contributed by atoms with Crippen LogP contribution in [0.1, 0.15) is 22.8 Å². The first-order valence-corrected chi connectivity index (χ1v) is 11.6. The Hall–Kier alpha value is -3.20. The summed E-state index contributed by atoms with van der Waals surface area (Å²) in [5, 5.41) is 12.7. The first-order chi connectivity index (χ1) is 16.5. The lowest BCUT2D eigenvalue weighted by Gasteiger charge is -2.27. The number of amides is 1.